The van der Waals surface area contributed by atoms with Crippen LogP contribution in [0.5, 0.6) is 11.5 Å². The lowest BCUT2D eigenvalue weighted by Crippen LogP contribution is -2.30. The average molecular weight is 433 g/mol. The number of ether oxygens (including phenoxy) is 3. The lowest BCUT2D eigenvalue weighted by atomic mass is 10.2. The third-order valence-corrected chi connectivity index (χ3v) is 5.40. The van der Waals surface area contributed by atoms with Gasteiger partial charge >= 0.3 is 5.97 Å². The number of aromatic nitrogens is 2. The molecule has 8 nitrogen and oxygen atoms in total. The van der Waals surface area contributed by atoms with E-state index >= 15 is 0 Å². The predicted octanol–water partition coefficient (Wildman–Crippen LogP) is 3.70. The minimum Gasteiger partial charge on any atom is -0.486 e. The van der Waals surface area contributed by atoms with Gasteiger partial charge in [-0.1, -0.05) is 18.2 Å². The van der Waals surface area contributed by atoms with Crippen LogP contribution in [0, 0.1) is 0 Å². The summed E-state index contributed by atoms with van der Waals surface area (Å²) in [5.41, 5.74) is 2.47. The molecule has 0 spiro atoms. The molecular formula is C24H23N3O5. The van der Waals surface area contributed by atoms with Gasteiger partial charge in [-0.2, -0.15) is 5.10 Å². The first-order valence-electron chi connectivity index (χ1n) is 10.7. The highest BCUT2D eigenvalue weighted by Crippen LogP contribution is 2.40. The minimum atomic E-state index is -1.00. The minimum absolute atomic E-state index is 0.303. The lowest BCUT2D eigenvalue weighted by Gasteiger charge is -2.19. The van der Waals surface area contributed by atoms with Gasteiger partial charge in [-0.3, -0.25) is 4.79 Å². The lowest BCUT2D eigenvalue weighted by molar-refractivity contribution is -0.123. The molecular weight excluding hydrogens is 410 g/mol. The molecule has 0 unspecified atom stereocenters. The zero-order chi connectivity index (χ0) is 22.1. The second-order valence-electron chi connectivity index (χ2n) is 7.87. The number of nitrogens with zero attached hydrogens (tertiary/aromatic N) is 2. The standard InChI is InChI=1S/C24H23N3O5/c1-15(23(28)25-17-9-10-21-22(13-17)31-12-11-30-21)32-24(29)20-14-19(16-7-8-16)26-27(20)18-5-3-2-4-6-18/h2-6,9-10,13-16H,7-8,11-12H2,1H3,(H,25,28)/t15-/m0/s1. The third kappa shape index (κ3) is 4.16. The Morgan fingerprint density at radius 1 is 1.06 bits per heavy atom. The number of fused-ring (bicyclic) bond motifs is 1. The van der Waals surface area contributed by atoms with E-state index in [9.17, 15) is 9.59 Å². The molecule has 32 heavy (non-hydrogen) atoms. The van der Waals surface area contributed by atoms with Crippen LogP contribution in [0.3, 0.4) is 0 Å². The summed E-state index contributed by atoms with van der Waals surface area (Å²) in [6.07, 6.45) is 1.13. The molecule has 0 radical (unpaired) electrons. The summed E-state index contributed by atoms with van der Waals surface area (Å²) in [5, 5.41) is 7.37. The van der Waals surface area contributed by atoms with Crippen molar-refractivity contribution in [1.29, 1.82) is 0 Å². The predicted molar refractivity (Wildman–Crippen MR) is 116 cm³/mol. The van der Waals surface area contributed by atoms with Gasteiger partial charge in [0.15, 0.2) is 23.3 Å². The highest BCUT2D eigenvalue weighted by molar-refractivity contribution is 5.97. The number of rotatable bonds is 6. The van der Waals surface area contributed by atoms with E-state index in [4.69, 9.17) is 14.2 Å². The van der Waals surface area contributed by atoms with Gasteiger partial charge in [-0.15, -0.1) is 0 Å². The Hall–Kier alpha value is -3.81. The fraction of sp³-hybridized carbons (Fsp3) is 0.292. The molecule has 1 aliphatic heterocycles. The molecule has 2 heterocycles. The van der Waals surface area contributed by atoms with Crippen LogP contribution in [0.4, 0.5) is 5.69 Å². The quantitative estimate of drug-likeness (QED) is 0.596. The number of esters is 1. The Morgan fingerprint density at radius 2 is 1.81 bits per heavy atom. The highest BCUT2D eigenvalue weighted by atomic mass is 16.6. The second-order valence-corrected chi connectivity index (χ2v) is 7.87. The van der Waals surface area contributed by atoms with Crippen molar-refractivity contribution in [2.75, 3.05) is 18.5 Å². The molecule has 2 aliphatic rings. The van der Waals surface area contributed by atoms with Crippen molar-refractivity contribution in [3.05, 3.63) is 66.0 Å². The van der Waals surface area contributed by atoms with Gasteiger partial charge in [0.05, 0.1) is 11.4 Å². The summed E-state index contributed by atoms with van der Waals surface area (Å²) in [4.78, 5) is 25.6. The number of amides is 1. The van der Waals surface area contributed by atoms with Crippen LogP contribution in [0.1, 0.15) is 41.9 Å². The molecule has 1 atom stereocenters. The van der Waals surface area contributed by atoms with E-state index in [-0.39, 0.29) is 0 Å². The topological polar surface area (TPSA) is 91.7 Å². The van der Waals surface area contributed by atoms with E-state index in [1.54, 1.807) is 28.9 Å². The van der Waals surface area contributed by atoms with Crippen molar-refractivity contribution in [1.82, 2.24) is 9.78 Å². The van der Waals surface area contributed by atoms with Crippen molar-refractivity contribution >= 4 is 17.6 Å². The van der Waals surface area contributed by atoms with Crippen molar-refractivity contribution < 1.29 is 23.8 Å². The fourth-order valence-corrected chi connectivity index (χ4v) is 3.53. The Morgan fingerprint density at radius 3 is 2.56 bits per heavy atom. The van der Waals surface area contributed by atoms with E-state index in [1.165, 1.54) is 6.92 Å². The molecule has 1 aromatic heterocycles. The van der Waals surface area contributed by atoms with Crippen LogP contribution in [0.2, 0.25) is 0 Å². The average Bonchev–Trinajstić information content (AvgIpc) is 3.57. The van der Waals surface area contributed by atoms with E-state index in [0.29, 0.717) is 42.0 Å². The van der Waals surface area contributed by atoms with E-state index in [1.807, 2.05) is 30.3 Å². The summed E-state index contributed by atoms with van der Waals surface area (Å²) >= 11 is 0. The SMILES string of the molecule is C[C@H](OC(=O)c1cc(C2CC2)nn1-c1ccccc1)C(=O)Nc1ccc2c(c1)OCCO2. The zero-order valence-electron chi connectivity index (χ0n) is 17.6. The molecule has 1 N–H and O–H groups in total. The highest BCUT2D eigenvalue weighted by Gasteiger charge is 2.30. The van der Waals surface area contributed by atoms with Gasteiger partial charge in [-0.25, -0.2) is 9.48 Å². The van der Waals surface area contributed by atoms with E-state index in [2.05, 4.69) is 10.4 Å². The summed E-state index contributed by atoms with van der Waals surface area (Å²) in [7, 11) is 0. The van der Waals surface area contributed by atoms with Gasteiger partial charge in [0, 0.05) is 17.7 Å². The monoisotopic (exact) mass is 433 g/mol. The number of nitrogens with one attached hydrogen (secondary N) is 1. The van der Waals surface area contributed by atoms with Gasteiger partial charge in [0.2, 0.25) is 0 Å². The molecule has 0 saturated heterocycles. The molecule has 8 heteroatoms. The third-order valence-electron chi connectivity index (χ3n) is 5.40. The molecule has 2 aromatic carbocycles. The first-order chi connectivity index (χ1) is 15.6. The molecule has 3 aromatic rings. The summed E-state index contributed by atoms with van der Waals surface area (Å²) in [5.74, 6) is 0.538. The summed E-state index contributed by atoms with van der Waals surface area (Å²) in [6, 6.07) is 16.3. The van der Waals surface area contributed by atoms with E-state index in [0.717, 1.165) is 24.2 Å². The van der Waals surface area contributed by atoms with Gasteiger partial charge in [-0.05, 0) is 50.1 Å². The van der Waals surface area contributed by atoms with Crippen LogP contribution in [-0.4, -0.2) is 41.0 Å². The fourth-order valence-electron chi connectivity index (χ4n) is 3.53. The number of anilines is 1. The Balaban J connectivity index is 1.30. The molecule has 5 rings (SSSR count). The molecule has 0 bridgehead atoms. The van der Waals surface area contributed by atoms with E-state index < -0.39 is 18.0 Å². The largest absolute Gasteiger partial charge is 0.486 e. The normalized spacial score (nSPS) is 15.7. The van der Waals surface area contributed by atoms with Crippen LogP contribution >= 0.6 is 0 Å². The molecule has 1 aliphatic carbocycles. The molecule has 1 fully saturated rings. The first kappa shape index (κ1) is 20.1. The second kappa shape index (κ2) is 8.37. The number of para-hydroxylation sites is 1. The van der Waals surface area contributed by atoms with Gasteiger partial charge < -0.3 is 19.5 Å². The van der Waals surface area contributed by atoms with Gasteiger partial charge in [0.1, 0.15) is 13.2 Å². The van der Waals surface area contributed by atoms with Crippen molar-refractivity contribution in [2.24, 2.45) is 0 Å². The molecule has 164 valence electrons. The number of carbonyl (C=O) groups excluding carboxylic acids is 2. The maximum atomic E-state index is 13.0. The Labute approximate surface area is 185 Å². The number of hydrogen-bond acceptors (Lipinski definition) is 6. The molecule has 1 amide bonds. The van der Waals surface area contributed by atoms with Crippen molar-refractivity contribution in [3.8, 4) is 17.2 Å². The molecule has 1 saturated carbocycles. The smallest absolute Gasteiger partial charge is 0.357 e. The van der Waals surface area contributed by atoms with Crippen LogP contribution in [0.25, 0.3) is 5.69 Å². The Bertz CT molecular complexity index is 1150. The van der Waals surface area contributed by atoms with Gasteiger partial charge in [0.25, 0.3) is 5.91 Å². The summed E-state index contributed by atoms with van der Waals surface area (Å²) in [6.45, 7) is 2.49. The van der Waals surface area contributed by atoms with Crippen molar-refractivity contribution in [3.63, 3.8) is 0 Å². The Kier molecular flexibility index (Phi) is 5.26. The van der Waals surface area contributed by atoms with Crippen LogP contribution < -0.4 is 14.8 Å². The number of benzene rings is 2. The maximum Gasteiger partial charge on any atom is 0.357 e. The first-order valence-corrected chi connectivity index (χ1v) is 10.7. The van der Waals surface area contributed by atoms with Crippen LogP contribution in [0.15, 0.2) is 54.6 Å². The van der Waals surface area contributed by atoms with Crippen LogP contribution in [-0.2, 0) is 9.53 Å². The maximum absolute atomic E-state index is 13.0. The number of carbonyl (C=O) groups is 2. The van der Waals surface area contributed by atoms with Crippen molar-refractivity contribution in [2.45, 2.75) is 31.8 Å². The number of hydrogen-bond donors (Lipinski definition) is 1. The summed E-state index contributed by atoms with van der Waals surface area (Å²) < 4.78 is 18.1. The zero-order valence-corrected chi connectivity index (χ0v) is 17.6.